The topological polar surface area (TPSA) is 53.1 Å². The van der Waals surface area contributed by atoms with Crippen LogP contribution in [-0.2, 0) is 13.5 Å². The lowest BCUT2D eigenvalue weighted by atomic mass is 10.0. The van der Waals surface area contributed by atoms with Crippen molar-refractivity contribution in [3.63, 3.8) is 0 Å². The largest absolute Gasteiger partial charge is 0.493 e. The normalized spacial score (nSPS) is 10.9. The number of ether oxygens (including phenoxy) is 1. The summed E-state index contributed by atoms with van der Waals surface area (Å²) in [7, 11) is 1.84. The van der Waals surface area contributed by atoms with Gasteiger partial charge in [-0.1, -0.05) is 26.0 Å². The summed E-state index contributed by atoms with van der Waals surface area (Å²) in [6.07, 6.45) is 0.761. The van der Waals surface area contributed by atoms with E-state index in [2.05, 4.69) is 31.1 Å². The standard InChI is InChI=1S/C15H21N3O/c1-11(2)12-4-6-14(7-5-12)19-9-8-13-10-15(16)18(3)17-13/h4-7,10-11H,8-9,16H2,1-3H3. The number of hydrogen-bond donors (Lipinski definition) is 1. The maximum Gasteiger partial charge on any atom is 0.121 e. The van der Waals surface area contributed by atoms with Gasteiger partial charge in [-0.05, 0) is 23.6 Å². The van der Waals surface area contributed by atoms with Crippen LogP contribution in [0.5, 0.6) is 5.75 Å². The molecule has 0 spiro atoms. The molecule has 1 aromatic carbocycles. The van der Waals surface area contributed by atoms with Gasteiger partial charge in [0.1, 0.15) is 11.6 Å². The summed E-state index contributed by atoms with van der Waals surface area (Å²) in [5, 5.41) is 4.29. The number of nitrogen functional groups attached to an aromatic ring is 1. The van der Waals surface area contributed by atoms with Crippen LogP contribution in [0.25, 0.3) is 0 Å². The number of hydrogen-bond acceptors (Lipinski definition) is 3. The Hall–Kier alpha value is -1.97. The Morgan fingerprint density at radius 2 is 1.95 bits per heavy atom. The molecule has 102 valence electrons. The Morgan fingerprint density at radius 1 is 1.26 bits per heavy atom. The maximum atomic E-state index is 5.73. The third-order valence-electron chi connectivity index (χ3n) is 3.14. The first kappa shape index (κ1) is 13.5. The van der Waals surface area contributed by atoms with Crippen LogP contribution in [-0.4, -0.2) is 16.4 Å². The number of aryl methyl sites for hydroxylation is 1. The fourth-order valence-electron chi connectivity index (χ4n) is 1.89. The van der Waals surface area contributed by atoms with Crippen LogP contribution >= 0.6 is 0 Å². The smallest absolute Gasteiger partial charge is 0.121 e. The average Bonchev–Trinajstić information content (AvgIpc) is 2.69. The molecule has 0 aliphatic carbocycles. The van der Waals surface area contributed by atoms with Gasteiger partial charge < -0.3 is 10.5 Å². The third-order valence-corrected chi connectivity index (χ3v) is 3.14. The van der Waals surface area contributed by atoms with Crippen molar-refractivity contribution in [3.05, 3.63) is 41.6 Å². The van der Waals surface area contributed by atoms with Crippen LogP contribution in [0.2, 0.25) is 0 Å². The van der Waals surface area contributed by atoms with E-state index >= 15 is 0 Å². The molecule has 1 heterocycles. The molecule has 4 heteroatoms. The molecule has 0 aliphatic heterocycles. The van der Waals surface area contributed by atoms with E-state index in [1.54, 1.807) is 4.68 Å². The van der Waals surface area contributed by atoms with Crippen molar-refractivity contribution in [2.24, 2.45) is 7.05 Å². The van der Waals surface area contributed by atoms with Gasteiger partial charge in [-0.2, -0.15) is 5.10 Å². The molecule has 0 bridgehead atoms. The van der Waals surface area contributed by atoms with Crippen LogP contribution in [0.1, 0.15) is 31.0 Å². The monoisotopic (exact) mass is 259 g/mol. The number of nitrogens with zero attached hydrogens (tertiary/aromatic N) is 2. The molecular formula is C15H21N3O. The van der Waals surface area contributed by atoms with Crippen LogP contribution in [0.4, 0.5) is 5.82 Å². The average molecular weight is 259 g/mol. The van der Waals surface area contributed by atoms with Crippen LogP contribution in [0.15, 0.2) is 30.3 Å². The van der Waals surface area contributed by atoms with Crippen LogP contribution in [0, 0.1) is 0 Å². The number of rotatable bonds is 5. The fourth-order valence-corrected chi connectivity index (χ4v) is 1.89. The summed E-state index contributed by atoms with van der Waals surface area (Å²) < 4.78 is 7.38. The molecule has 1 aromatic heterocycles. The van der Waals surface area contributed by atoms with Gasteiger partial charge in [0.05, 0.1) is 12.3 Å². The van der Waals surface area contributed by atoms with Crippen molar-refractivity contribution in [2.75, 3.05) is 12.3 Å². The second kappa shape index (κ2) is 5.78. The molecule has 0 saturated heterocycles. The fraction of sp³-hybridized carbons (Fsp3) is 0.400. The van der Waals surface area contributed by atoms with Gasteiger partial charge in [-0.3, -0.25) is 4.68 Å². The Balaban J connectivity index is 1.85. The molecule has 2 N–H and O–H groups in total. The molecule has 0 fully saturated rings. The molecule has 0 aliphatic rings. The highest BCUT2D eigenvalue weighted by molar-refractivity contribution is 5.31. The highest BCUT2D eigenvalue weighted by atomic mass is 16.5. The minimum Gasteiger partial charge on any atom is -0.493 e. The Kier molecular flexibility index (Phi) is 4.10. The first-order valence-electron chi connectivity index (χ1n) is 6.57. The highest BCUT2D eigenvalue weighted by Crippen LogP contribution is 2.18. The van der Waals surface area contributed by atoms with Gasteiger partial charge >= 0.3 is 0 Å². The van der Waals surface area contributed by atoms with Gasteiger partial charge in [-0.15, -0.1) is 0 Å². The Labute approximate surface area is 114 Å². The van der Waals surface area contributed by atoms with E-state index in [9.17, 15) is 0 Å². The summed E-state index contributed by atoms with van der Waals surface area (Å²) >= 11 is 0. The van der Waals surface area contributed by atoms with Gasteiger partial charge in [-0.25, -0.2) is 0 Å². The summed E-state index contributed by atoms with van der Waals surface area (Å²) in [4.78, 5) is 0. The van der Waals surface area contributed by atoms with Gasteiger partial charge in [0.25, 0.3) is 0 Å². The lowest BCUT2D eigenvalue weighted by molar-refractivity contribution is 0.320. The Bertz CT molecular complexity index is 509. The summed E-state index contributed by atoms with van der Waals surface area (Å²) in [6.45, 7) is 4.97. The second-order valence-corrected chi connectivity index (χ2v) is 5.01. The molecule has 2 aromatic rings. The summed E-state index contributed by atoms with van der Waals surface area (Å²) in [5.41, 5.74) is 8.01. The molecule has 0 radical (unpaired) electrons. The quantitative estimate of drug-likeness (QED) is 0.898. The first-order valence-corrected chi connectivity index (χ1v) is 6.57. The summed E-state index contributed by atoms with van der Waals surface area (Å²) in [5.74, 6) is 2.12. The number of nitrogens with two attached hydrogens (primary N) is 1. The van der Waals surface area contributed by atoms with E-state index in [-0.39, 0.29) is 0 Å². The molecular weight excluding hydrogens is 238 g/mol. The van der Waals surface area contributed by atoms with E-state index in [0.29, 0.717) is 18.3 Å². The maximum absolute atomic E-state index is 5.73. The lowest BCUT2D eigenvalue weighted by Crippen LogP contribution is -2.03. The minimum atomic E-state index is 0.547. The van der Waals surface area contributed by atoms with E-state index in [1.807, 2.05) is 25.2 Å². The van der Waals surface area contributed by atoms with E-state index in [1.165, 1.54) is 5.56 Å². The number of aromatic nitrogens is 2. The highest BCUT2D eigenvalue weighted by Gasteiger charge is 2.03. The zero-order chi connectivity index (χ0) is 13.8. The minimum absolute atomic E-state index is 0.547. The SMILES string of the molecule is CC(C)c1ccc(OCCc2cc(N)n(C)n2)cc1. The van der Waals surface area contributed by atoms with E-state index < -0.39 is 0 Å². The predicted octanol–water partition coefficient (Wildman–Crippen LogP) is 2.75. The molecule has 2 rings (SSSR count). The summed E-state index contributed by atoms with van der Waals surface area (Å²) in [6, 6.07) is 10.1. The number of benzene rings is 1. The van der Waals surface area contributed by atoms with Gasteiger partial charge in [0.2, 0.25) is 0 Å². The second-order valence-electron chi connectivity index (χ2n) is 5.01. The number of anilines is 1. The van der Waals surface area contributed by atoms with Crippen molar-refractivity contribution in [3.8, 4) is 5.75 Å². The van der Waals surface area contributed by atoms with Crippen LogP contribution < -0.4 is 10.5 Å². The Morgan fingerprint density at radius 3 is 2.47 bits per heavy atom. The third kappa shape index (κ3) is 3.50. The molecule has 0 unspecified atom stereocenters. The van der Waals surface area contributed by atoms with Crippen molar-refractivity contribution < 1.29 is 4.74 Å². The van der Waals surface area contributed by atoms with Gasteiger partial charge in [0.15, 0.2) is 0 Å². The molecule has 19 heavy (non-hydrogen) atoms. The van der Waals surface area contributed by atoms with Crippen molar-refractivity contribution in [1.29, 1.82) is 0 Å². The molecule has 0 atom stereocenters. The van der Waals surface area contributed by atoms with Crippen molar-refractivity contribution in [1.82, 2.24) is 9.78 Å². The van der Waals surface area contributed by atoms with E-state index in [4.69, 9.17) is 10.5 Å². The molecule has 4 nitrogen and oxygen atoms in total. The van der Waals surface area contributed by atoms with E-state index in [0.717, 1.165) is 17.9 Å². The first-order chi connectivity index (χ1) is 9.06. The van der Waals surface area contributed by atoms with Crippen molar-refractivity contribution >= 4 is 5.82 Å². The zero-order valence-corrected chi connectivity index (χ0v) is 11.8. The molecule has 0 saturated carbocycles. The molecule has 0 amide bonds. The van der Waals surface area contributed by atoms with Crippen molar-refractivity contribution in [2.45, 2.75) is 26.2 Å². The van der Waals surface area contributed by atoms with Gasteiger partial charge in [0, 0.05) is 19.5 Å². The zero-order valence-electron chi connectivity index (χ0n) is 11.8. The van der Waals surface area contributed by atoms with Crippen LogP contribution in [0.3, 0.4) is 0 Å². The predicted molar refractivity (Wildman–Crippen MR) is 77.4 cm³/mol. The lowest BCUT2D eigenvalue weighted by Gasteiger charge is -2.08.